The second kappa shape index (κ2) is 5.91. The van der Waals surface area contributed by atoms with Gasteiger partial charge in [0.25, 0.3) is 0 Å². The molecule has 1 aliphatic rings. The monoisotopic (exact) mass is 264 g/mol. The Bertz CT molecular complexity index is 431. The second-order valence-electron chi connectivity index (χ2n) is 5.86. The summed E-state index contributed by atoms with van der Waals surface area (Å²) < 4.78 is 13.5. The van der Waals surface area contributed by atoms with E-state index < -0.39 is 0 Å². The van der Waals surface area contributed by atoms with Crippen LogP contribution < -0.4 is 10.2 Å². The first-order valence-electron chi connectivity index (χ1n) is 7.28. The first-order chi connectivity index (χ1) is 9.04. The predicted molar refractivity (Wildman–Crippen MR) is 79.1 cm³/mol. The van der Waals surface area contributed by atoms with Gasteiger partial charge in [0.15, 0.2) is 0 Å². The molecule has 0 radical (unpaired) electrons. The van der Waals surface area contributed by atoms with Crippen LogP contribution in [-0.2, 0) is 0 Å². The third kappa shape index (κ3) is 2.92. The number of hydrogen-bond acceptors (Lipinski definition) is 2. The Morgan fingerprint density at radius 2 is 2.05 bits per heavy atom. The van der Waals surface area contributed by atoms with Gasteiger partial charge in [0, 0.05) is 24.3 Å². The molecular weight excluding hydrogens is 239 g/mol. The summed E-state index contributed by atoms with van der Waals surface area (Å²) in [7, 11) is 1.92. The second-order valence-corrected chi connectivity index (χ2v) is 5.86. The Hall–Kier alpha value is -1.09. The molecule has 1 fully saturated rings. The fourth-order valence-electron chi connectivity index (χ4n) is 3.07. The van der Waals surface area contributed by atoms with E-state index >= 15 is 0 Å². The first-order valence-corrected chi connectivity index (χ1v) is 7.28. The van der Waals surface area contributed by atoms with Crippen LogP contribution in [0.5, 0.6) is 0 Å². The van der Waals surface area contributed by atoms with E-state index in [1.54, 1.807) is 12.1 Å². The zero-order valence-electron chi connectivity index (χ0n) is 12.4. The summed E-state index contributed by atoms with van der Waals surface area (Å²) in [5.41, 5.74) is 2.26. The molecule has 19 heavy (non-hydrogen) atoms. The predicted octanol–water partition coefficient (Wildman–Crippen LogP) is 3.73. The van der Waals surface area contributed by atoms with Crippen LogP contribution in [0.1, 0.15) is 45.2 Å². The summed E-state index contributed by atoms with van der Waals surface area (Å²) in [6, 6.07) is 5.94. The van der Waals surface area contributed by atoms with Gasteiger partial charge in [-0.2, -0.15) is 0 Å². The molecule has 1 aromatic carbocycles. The fraction of sp³-hybridized carbons (Fsp3) is 0.625. The van der Waals surface area contributed by atoms with Gasteiger partial charge in [0.1, 0.15) is 5.82 Å². The molecule has 0 aromatic heterocycles. The van der Waals surface area contributed by atoms with Gasteiger partial charge in [0.05, 0.1) is 0 Å². The van der Waals surface area contributed by atoms with Gasteiger partial charge < -0.3 is 10.2 Å². The standard InChI is InChI=1S/C16H25FN2/c1-11(2)15-6-5-9-19(15)16-8-7-13(17)10-14(16)12(3)18-4/h7-8,10-12,15,18H,5-6,9H2,1-4H3. The van der Waals surface area contributed by atoms with Gasteiger partial charge in [-0.25, -0.2) is 4.39 Å². The molecule has 0 bridgehead atoms. The summed E-state index contributed by atoms with van der Waals surface area (Å²) in [5, 5.41) is 3.22. The van der Waals surface area contributed by atoms with Crippen LogP contribution in [-0.4, -0.2) is 19.6 Å². The quantitative estimate of drug-likeness (QED) is 0.891. The molecule has 0 saturated carbocycles. The largest absolute Gasteiger partial charge is 0.368 e. The van der Waals surface area contributed by atoms with Gasteiger partial charge in [-0.05, 0) is 56.5 Å². The molecule has 2 rings (SSSR count). The molecule has 1 heterocycles. The van der Waals surface area contributed by atoms with Crippen molar-refractivity contribution in [2.75, 3.05) is 18.5 Å². The van der Waals surface area contributed by atoms with Crippen molar-refractivity contribution in [3.05, 3.63) is 29.6 Å². The minimum Gasteiger partial charge on any atom is -0.368 e. The minimum absolute atomic E-state index is 0.152. The number of benzene rings is 1. The van der Waals surface area contributed by atoms with E-state index in [2.05, 4.69) is 31.0 Å². The smallest absolute Gasteiger partial charge is 0.123 e. The highest BCUT2D eigenvalue weighted by molar-refractivity contribution is 5.56. The van der Waals surface area contributed by atoms with Crippen molar-refractivity contribution in [3.63, 3.8) is 0 Å². The Labute approximate surface area is 116 Å². The van der Waals surface area contributed by atoms with Crippen molar-refractivity contribution in [3.8, 4) is 0 Å². The number of halogens is 1. The highest BCUT2D eigenvalue weighted by Crippen LogP contribution is 2.34. The third-order valence-electron chi connectivity index (χ3n) is 4.27. The van der Waals surface area contributed by atoms with Crippen molar-refractivity contribution in [1.82, 2.24) is 5.32 Å². The van der Waals surface area contributed by atoms with E-state index in [0.717, 1.165) is 12.1 Å². The Balaban J connectivity index is 2.38. The van der Waals surface area contributed by atoms with Gasteiger partial charge >= 0.3 is 0 Å². The lowest BCUT2D eigenvalue weighted by Gasteiger charge is -2.32. The molecule has 1 saturated heterocycles. The zero-order valence-corrected chi connectivity index (χ0v) is 12.4. The van der Waals surface area contributed by atoms with Crippen molar-refractivity contribution < 1.29 is 4.39 Å². The molecule has 2 atom stereocenters. The number of rotatable bonds is 4. The van der Waals surface area contributed by atoms with E-state index in [0.29, 0.717) is 12.0 Å². The van der Waals surface area contributed by atoms with E-state index in [1.165, 1.54) is 18.5 Å². The molecule has 106 valence electrons. The van der Waals surface area contributed by atoms with Crippen molar-refractivity contribution >= 4 is 5.69 Å². The van der Waals surface area contributed by atoms with Crippen LogP contribution in [0.2, 0.25) is 0 Å². The molecule has 1 aliphatic heterocycles. The van der Waals surface area contributed by atoms with Gasteiger partial charge in [-0.15, -0.1) is 0 Å². The lowest BCUT2D eigenvalue weighted by atomic mass is 9.99. The first kappa shape index (κ1) is 14.3. The van der Waals surface area contributed by atoms with Crippen LogP contribution in [0.15, 0.2) is 18.2 Å². The average molecular weight is 264 g/mol. The molecule has 2 nitrogen and oxygen atoms in total. The summed E-state index contributed by atoms with van der Waals surface area (Å²) in [4.78, 5) is 2.47. The zero-order chi connectivity index (χ0) is 14.0. The molecule has 0 amide bonds. The maximum atomic E-state index is 13.5. The molecule has 0 aliphatic carbocycles. The summed E-state index contributed by atoms with van der Waals surface area (Å²) >= 11 is 0. The maximum Gasteiger partial charge on any atom is 0.123 e. The Morgan fingerprint density at radius 3 is 2.68 bits per heavy atom. The van der Waals surface area contributed by atoms with Gasteiger partial charge in [-0.3, -0.25) is 0 Å². The lowest BCUT2D eigenvalue weighted by molar-refractivity contribution is 0.489. The van der Waals surface area contributed by atoms with E-state index in [9.17, 15) is 4.39 Å². The molecular formula is C16H25FN2. The van der Waals surface area contributed by atoms with Gasteiger partial charge in [0.2, 0.25) is 0 Å². The highest BCUT2D eigenvalue weighted by Gasteiger charge is 2.29. The third-order valence-corrected chi connectivity index (χ3v) is 4.27. The summed E-state index contributed by atoms with van der Waals surface area (Å²) in [6.07, 6.45) is 2.47. The molecule has 3 heteroatoms. The summed E-state index contributed by atoms with van der Waals surface area (Å²) in [5.74, 6) is 0.478. The number of nitrogens with one attached hydrogen (secondary N) is 1. The lowest BCUT2D eigenvalue weighted by Crippen LogP contribution is -2.34. The van der Waals surface area contributed by atoms with Crippen LogP contribution in [0.4, 0.5) is 10.1 Å². The van der Waals surface area contributed by atoms with Crippen LogP contribution >= 0.6 is 0 Å². The van der Waals surface area contributed by atoms with Crippen LogP contribution in [0, 0.1) is 11.7 Å². The SMILES string of the molecule is CNC(C)c1cc(F)ccc1N1CCCC1C(C)C. The number of anilines is 1. The number of nitrogens with zero attached hydrogens (tertiary/aromatic N) is 1. The van der Waals surface area contributed by atoms with Gasteiger partial charge in [-0.1, -0.05) is 13.8 Å². The molecule has 0 spiro atoms. The Morgan fingerprint density at radius 1 is 1.32 bits per heavy atom. The van der Waals surface area contributed by atoms with E-state index in [4.69, 9.17) is 0 Å². The van der Waals surface area contributed by atoms with Crippen LogP contribution in [0.25, 0.3) is 0 Å². The maximum absolute atomic E-state index is 13.5. The average Bonchev–Trinajstić information content (AvgIpc) is 2.87. The van der Waals surface area contributed by atoms with Crippen LogP contribution in [0.3, 0.4) is 0 Å². The minimum atomic E-state index is -0.152. The van der Waals surface area contributed by atoms with Crippen molar-refractivity contribution in [2.24, 2.45) is 5.92 Å². The summed E-state index contributed by atoms with van der Waals surface area (Å²) in [6.45, 7) is 7.71. The highest BCUT2D eigenvalue weighted by atomic mass is 19.1. The topological polar surface area (TPSA) is 15.3 Å². The van der Waals surface area contributed by atoms with E-state index in [1.807, 2.05) is 13.1 Å². The molecule has 2 unspecified atom stereocenters. The van der Waals surface area contributed by atoms with Crippen molar-refractivity contribution in [2.45, 2.75) is 45.7 Å². The fourth-order valence-corrected chi connectivity index (χ4v) is 3.07. The number of hydrogen-bond donors (Lipinski definition) is 1. The van der Waals surface area contributed by atoms with E-state index in [-0.39, 0.29) is 11.9 Å². The Kier molecular flexibility index (Phi) is 4.46. The molecule has 1 N–H and O–H groups in total. The van der Waals surface area contributed by atoms with Crippen molar-refractivity contribution in [1.29, 1.82) is 0 Å². The normalized spacial score (nSPS) is 21.2. The molecule has 1 aromatic rings.